The molecule has 0 amide bonds. The Morgan fingerprint density at radius 2 is 1.38 bits per heavy atom. The van der Waals surface area contributed by atoms with Crippen molar-refractivity contribution in [1.82, 2.24) is 0 Å². The number of para-hydroxylation sites is 4. The van der Waals surface area contributed by atoms with Gasteiger partial charge in [-0.2, -0.15) is 0 Å². The van der Waals surface area contributed by atoms with Crippen LogP contribution in [0.15, 0.2) is 107 Å². The van der Waals surface area contributed by atoms with Gasteiger partial charge < -0.3 is 10.2 Å². The number of rotatable bonds is 5. The normalized spacial score (nSPS) is 13.3. The topological polar surface area (TPSA) is 40.0 Å². The molecule has 6 heteroatoms. The molecule has 1 aliphatic heterocycles. The molecule has 1 heterocycles. The first-order valence-corrected chi connectivity index (χ1v) is 11.7. The zero-order chi connectivity index (χ0) is 23.5. The molecule has 4 aromatic rings. The smallest absolute Gasteiger partial charge is 0.115 e. The van der Waals surface area contributed by atoms with Gasteiger partial charge in [0.15, 0.2) is 0 Å². The molecule has 0 fully saturated rings. The first kappa shape index (κ1) is 22.2. The van der Waals surface area contributed by atoms with Gasteiger partial charge in [0.25, 0.3) is 0 Å². The van der Waals surface area contributed by atoms with Gasteiger partial charge in [0.2, 0.25) is 0 Å². The summed E-state index contributed by atoms with van der Waals surface area (Å²) >= 11 is 12.9. The fraction of sp³-hybridized carbons (Fsp3) is 0.0714. The zero-order valence-electron chi connectivity index (χ0n) is 18.5. The highest BCUT2D eigenvalue weighted by molar-refractivity contribution is 6.55. The number of aliphatic imine (C=N–C) groups is 2. The SMILES string of the molecule is CN=C(C1=NCN(c2ccccc2Cl)c2ccccc21)c1ccccc1Nc1ccccc1Cl. The molecule has 4 nitrogen and oxygen atoms in total. The molecule has 0 saturated heterocycles. The number of nitrogens with zero attached hydrogens (tertiary/aromatic N) is 3. The van der Waals surface area contributed by atoms with Crippen molar-refractivity contribution in [2.24, 2.45) is 9.98 Å². The first-order valence-electron chi connectivity index (χ1n) is 10.9. The Morgan fingerprint density at radius 1 is 0.765 bits per heavy atom. The van der Waals surface area contributed by atoms with Crippen LogP contribution in [0.4, 0.5) is 22.7 Å². The molecule has 34 heavy (non-hydrogen) atoms. The minimum atomic E-state index is 0.440. The third kappa shape index (κ3) is 4.18. The lowest BCUT2D eigenvalue weighted by atomic mass is 9.95. The van der Waals surface area contributed by atoms with Crippen LogP contribution in [-0.4, -0.2) is 25.1 Å². The Hall–Kier alpha value is -3.60. The van der Waals surface area contributed by atoms with Crippen LogP contribution in [-0.2, 0) is 0 Å². The average molecular weight is 485 g/mol. The fourth-order valence-electron chi connectivity index (χ4n) is 4.15. The van der Waals surface area contributed by atoms with Gasteiger partial charge in [-0.05, 0) is 36.4 Å². The predicted octanol–water partition coefficient (Wildman–Crippen LogP) is 7.75. The molecular formula is C28H22Cl2N4. The van der Waals surface area contributed by atoms with Gasteiger partial charge in [0, 0.05) is 23.9 Å². The quantitative estimate of drug-likeness (QED) is 0.294. The molecule has 0 aliphatic carbocycles. The van der Waals surface area contributed by atoms with E-state index >= 15 is 0 Å². The highest BCUT2D eigenvalue weighted by Crippen LogP contribution is 2.37. The minimum absolute atomic E-state index is 0.440. The third-order valence-electron chi connectivity index (χ3n) is 5.74. The predicted molar refractivity (Wildman–Crippen MR) is 145 cm³/mol. The van der Waals surface area contributed by atoms with Crippen LogP contribution in [0.5, 0.6) is 0 Å². The number of benzene rings is 4. The van der Waals surface area contributed by atoms with Crippen molar-refractivity contribution in [2.45, 2.75) is 0 Å². The van der Waals surface area contributed by atoms with Crippen LogP contribution >= 0.6 is 23.2 Å². The van der Waals surface area contributed by atoms with Gasteiger partial charge in [-0.15, -0.1) is 0 Å². The summed E-state index contributed by atoms with van der Waals surface area (Å²) in [6.45, 7) is 0.440. The van der Waals surface area contributed by atoms with E-state index in [9.17, 15) is 0 Å². The highest BCUT2D eigenvalue weighted by atomic mass is 35.5. The van der Waals surface area contributed by atoms with Gasteiger partial charge >= 0.3 is 0 Å². The summed E-state index contributed by atoms with van der Waals surface area (Å²) in [5.41, 5.74) is 7.31. The monoisotopic (exact) mass is 484 g/mol. The summed E-state index contributed by atoms with van der Waals surface area (Å²) in [7, 11) is 1.80. The molecule has 1 N–H and O–H groups in total. The summed E-state index contributed by atoms with van der Waals surface area (Å²) in [5.74, 6) is 0. The maximum Gasteiger partial charge on any atom is 0.115 e. The number of hydrogen-bond acceptors (Lipinski definition) is 4. The first-order chi connectivity index (χ1) is 16.7. The Balaban J connectivity index is 1.57. The van der Waals surface area contributed by atoms with Crippen molar-refractivity contribution in [1.29, 1.82) is 0 Å². The van der Waals surface area contributed by atoms with E-state index in [1.54, 1.807) is 7.05 Å². The van der Waals surface area contributed by atoms with Gasteiger partial charge in [0.1, 0.15) is 6.67 Å². The molecule has 0 unspecified atom stereocenters. The average Bonchev–Trinajstić information content (AvgIpc) is 2.87. The summed E-state index contributed by atoms with van der Waals surface area (Å²) in [6, 6.07) is 31.8. The van der Waals surface area contributed by atoms with Crippen molar-refractivity contribution < 1.29 is 0 Å². The van der Waals surface area contributed by atoms with E-state index in [1.807, 2.05) is 84.9 Å². The summed E-state index contributed by atoms with van der Waals surface area (Å²) in [5, 5.41) is 4.81. The summed E-state index contributed by atoms with van der Waals surface area (Å²) < 4.78 is 0. The van der Waals surface area contributed by atoms with E-state index in [4.69, 9.17) is 28.2 Å². The second-order valence-electron chi connectivity index (χ2n) is 7.77. The maximum atomic E-state index is 6.52. The van der Waals surface area contributed by atoms with Crippen LogP contribution < -0.4 is 10.2 Å². The molecule has 0 radical (unpaired) electrons. The summed E-state index contributed by atoms with van der Waals surface area (Å²) in [6.07, 6.45) is 0. The van der Waals surface area contributed by atoms with E-state index in [0.29, 0.717) is 16.7 Å². The Bertz CT molecular complexity index is 1410. The molecule has 0 saturated carbocycles. The van der Waals surface area contributed by atoms with Gasteiger partial charge in [-0.25, -0.2) is 0 Å². The van der Waals surface area contributed by atoms with E-state index in [2.05, 4.69) is 27.3 Å². The molecular weight excluding hydrogens is 463 g/mol. The lowest BCUT2D eigenvalue weighted by Crippen LogP contribution is -2.30. The van der Waals surface area contributed by atoms with Gasteiger partial charge in [-0.1, -0.05) is 83.9 Å². The van der Waals surface area contributed by atoms with Crippen LogP contribution in [0, 0.1) is 0 Å². The standard InChI is InChI=1S/C28H22Cl2N4/c1-31-27(19-10-2-6-14-23(19)33-24-15-7-4-12-21(24)29)28-20-11-3-8-16-25(20)34(18-32-28)26-17-9-5-13-22(26)30/h2-17,33H,18H2,1H3. The van der Waals surface area contributed by atoms with E-state index in [-0.39, 0.29) is 0 Å². The molecule has 0 spiro atoms. The second-order valence-corrected chi connectivity index (χ2v) is 8.58. The molecule has 5 rings (SSSR count). The van der Waals surface area contributed by atoms with Gasteiger partial charge in [0.05, 0.1) is 38.5 Å². The number of nitrogens with one attached hydrogen (secondary N) is 1. The van der Waals surface area contributed by atoms with E-state index in [1.165, 1.54) is 0 Å². The largest absolute Gasteiger partial charge is 0.354 e. The lowest BCUT2D eigenvalue weighted by Gasteiger charge is -2.31. The summed E-state index contributed by atoms with van der Waals surface area (Å²) in [4.78, 5) is 11.8. The second kappa shape index (κ2) is 9.72. The molecule has 1 aliphatic rings. The third-order valence-corrected chi connectivity index (χ3v) is 6.39. The van der Waals surface area contributed by atoms with Crippen LogP contribution in [0.1, 0.15) is 11.1 Å². The molecule has 4 aromatic carbocycles. The van der Waals surface area contributed by atoms with Crippen molar-refractivity contribution in [3.63, 3.8) is 0 Å². The number of fused-ring (bicyclic) bond motifs is 1. The minimum Gasteiger partial charge on any atom is -0.354 e. The van der Waals surface area contributed by atoms with Crippen LogP contribution in [0.25, 0.3) is 0 Å². The van der Waals surface area contributed by atoms with Gasteiger partial charge in [-0.3, -0.25) is 9.98 Å². The number of halogens is 2. The highest BCUT2D eigenvalue weighted by Gasteiger charge is 2.26. The Morgan fingerprint density at radius 3 is 2.12 bits per heavy atom. The zero-order valence-corrected chi connectivity index (χ0v) is 20.1. The van der Waals surface area contributed by atoms with Crippen molar-refractivity contribution in [3.05, 3.63) is 118 Å². The van der Waals surface area contributed by atoms with Crippen molar-refractivity contribution in [3.8, 4) is 0 Å². The molecule has 0 aromatic heterocycles. The van der Waals surface area contributed by atoms with Crippen molar-refractivity contribution >= 4 is 57.4 Å². The van der Waals surface area contributed by atoms with Crippen LogP contribution in [0.3, 0.4) is 0 Å². The van der Waals surface area contributed by atoms with E-state index in [0.717, 1.165) is 45.3 Å². The van der Waals surface area contributed by atoms with E-state index < -0.39 is 0 Å². The Labute approximate surface area is 209 Å². The molecule has 168 valence electrons. The van der Waals surface area contributed by atoms with Crippen LogP contribution in [0.2, 0.25) is 10.0 Å². The van der Waals surface area contributed by atoms with Crippen molar-refractivity contribution in [2.75, 3.05) is 23.9 Å². The number of hydrogen-bond donors (Lipinski definition) is 1. The number of anilines is 4. The Kier molecular flexibility index (Phi) is 6.35. The lowest BCUT2D eigenvalue weighted by molar-refractivity contribution is 0.967. The maximum absolute atomic E-state index is 6.52. The molecule has 0 bridgehead atoms. The molecule has 0 atom stereocenters. The fourth-order valence-corrected chi connectivity index (χ4v) is 4.57.